The molecule has 0 amide bonds. The Hall–Kier alpha value is -2.03. The highest BCUT2D eigenvalue weighted by Crippen LogP contribution is 2.20. The molecule has 6 nitrogen and oxygen atoms in total. The molecule has 4 rings (SSSR count). The summed E-state index contributed by atoms with van der Waals surface area (Å²) >= 11 is 7.08. The molecule has 0 spiro atoms. The van der Waals surface area contributed by atoms with E-state index in [9.17, 15) is 0 Å². The molecule has 1 saturated heterocycles. The van der Waals surface area contributed by atoms with Gasteiger partial charge in [0.15, 0.2) is 12.5 Å². The molecule has 0 aromatic carbocycles. The van der Waals surface area contributed by atoms with Gasteiger partial charge in [0, 0.05) is 6.07 Å². The molecule has 4 heterocycles. The van der Waals surface area contributed by atoms with Crippen LogP contribution in [0.25, 0.3) is 10.7 Å². The number of rotatable bonds is 4. The van der Waals surface area contributed by atoms with E-state index in [0.717, 1.165) is 43.5 Å². The number of nitrogens with zero attached hydrogens (tertiary/aromatic N) is 3. The summed E-state index contributed by atoms with van der Waals surface area (Å²) in [5.41, 5.74) is 0. The summed E-state index contributed by atoms with van der Waals surface area (Å²) < 4.78 is 2.62. The monoisotopic (exact) mass is 360 g/mol. The quantitative estimate of drug-likeness (QED) is 0.678. The van der Waals surface area contributed by atoms with Crippen molar-refractivity contribution in [3.63, 3.8) is 0 Å². The molecule has 0 radical (unpaired) electrons. The Balaban J connectivity index is 1.40. The van der Waals surface area contributed by atoms with Crippen LogP contribution in [0.15, 0.2) is 41.9 Å². The number of hydrogen-bond donors (Lipinski definition) is 2. The minimum absolute atomic E-state index is 0.629. The lowest BCUT2D eigenvalue weighted by atomic mass is 10.3. The lowest BCUT2D eigenvalue weighted by molar-refractivity contribution is -0.924. The molecule has 124 valence electrons. The van der Waals surface area contributed by atoms with Crippen molar-refractivity contribution >= 4 is 29.4 Å². The van der Waals surface area contributed by atoms with Crippen molar-refractivity contribution in [3.05, 3.63) is 46.7 Å². The molecule has 1 aliphatic heterocycles. The van der Waals surface area contributed by atoms with Gasteiger partial charge in [-0.1, -0.05) is 12.1 Å². The maximum absolute atomic E-state index is 5.41. The Bertz CT molecular complexity index is 831. The van der Waals surface area contributed by atoms with Gasteiger partial charge in [0.1, 0.15) is 26.2 Å². The molecule has 8 heteroatoms. The second kappa shape index (κ2) is 6.84. The van der Waals surface area contributed by atoms with E-state index in [1.54, 1.807) is 11.3 Å². The van der Waals surface area contributed by atoms with E-state index in [1.807, 2.05) is 23.0 Å². The number of aromatic nitrogens is 4. The third-order valence-corrected chi connectivity index (χ3v) is 5.51. The summed E-state index contributed by atoms with van der Waals surface area (Å²) in [6, 6.07) is 10.3. The van der Waals surface area contributed by atoms with Gasteiger partial charge < -0.3 is 4.90 Å². The van der Waals surface area contributed by atoms with Gasteiger partial charge in [0.25, 0.3) is 5.82 Å². The molecule has 0 saturated carbocycles. The van der Waals surface area contributed by atoms with Crippen molar-refractivity contribution in [2.45, 2.75) is 6.67 Å². The number of H-pyrrole nitrogens is 2. The first-order valence-electron chi connectivity index (χ1n) is 8.05. The van der Waals surface area contributed by atoms with E-state index < -0.39 is 0 Å². The van der Waals surface area contributed by atoms with Crippen molar-refractivity contribution in [2.24, 2.45) is 0 Å². The molecule has 3 aromatic heterocycles. The zero-order valence-corrected chi connectivity index (χ0v) is 14.9. The van der Waals surface area contributed by atoms with Crippen LogP contribution in [0.5, 0.6) is 0 Å². The minimum atomic E-state index is 0.629. The van der Waals surface area contributed by atoms with E-state index in [4.69, 9.17) is 12.2 Å². The highest BCUT2D eigenvalue weighted by Gasteiger charge is 2.26. The fourth-order valence-electron chi connectivity index (χ4n) is 3.01. The van der Waals surface area contributed by atoms with Gasteiger partial charge in [0.05, 0.1) is 11.1 Å². The molecule has 0 atom stereocenters. The van der Waals surface area contributed by atoms with Crippen molar-refractivity contribution in [2.75, 3.05) is 31.1 Å². The number of nitrogens with one attached hydrogen (secondary N) is 3. The van der Waals surface area contributed by atoms with Crippen LogP contribution in [-0.4, -0.2) is 40.9 Å². The van der Waals surface area contributed by atoms with Crippen LogP contribution in [0.2, 0.25) is 0 Å². The molecule has 0 bridgehead atoms. The van der Waals surface area contributed by atoms with Crippen LogP contribution in [-0.2, 0) is 6.67 Å². The molecular weight excluding hydrogens is 340 g/mol. The largest absolute Gasteiger partial charge is 0.310 e. The third kappa shape index (κ3) is 3.26. The van der Waals surface area contributed by atoms with Crippen molar-refractivity contribution in [1.82, 2.24) is 14.8 Å². The Morgan fingerprint density at radius 2 is 2.12 bits per heavy atom. The van der Waals surface area contributed by atoms with Crippen molar-refractivity contribution < 1.29 is 9.88 Å². The fourth-order valence-corrected chi connectivity index (χ4v) is 3.88. The van der Waals surface area contributed by atoms with Crippen molar-refractivity contribution in [3.8, 4) is 10.7 Å². The standard InChI is InChI=1S/C16H18N6S2/c23-16-18-15(13-4-3-11-24-13)19-22(16)12-20-7-9-21(10-8-20)14-5-1-2-6-17-14/h1-6,11H,7-10,12H2,(H,18,19,23)/p+2. The molecule has 0 unspecified atom stereocenters. The summed E-state index contributed by atoms with van der Waals surface area (Å²) in [4.78, 5) is 12.8. The number of quaternary nitrogens is 1. The van der Waals surface area contributed by atoms with Gasteiger partial charge in [-0.05, 0) is 29.7 Å². The Morgan fingerprint density at radius 1 is 1.25 bits per heavy atom. The van der Waals surface area contributed by atoms with E-state index >= 15 is 0 Å². The summed E-state index contributed by atoms with van der Waals surface area (Å²) in [7, 11) is 0. The SMILES string of the molecule is S=c1nc(-c2cccs2)[nH]n1C[NH+]1CCN(c2cccc[nH+]2)CC1. The first kappa shape index (κ1) is 15.5. The normalized spacial score (nSPS) is 15.8. The lowest BCUT2D eigenvalue weighted by Crippen LogP contribution is -3.14. The molecule has 24 heavy (non-hydrogen) atoms. The van der Waals surface area contributed by atoms with Crippen LogP contribution in [0.3, 0.4) is 0 Å². The van der Waals surface area contributed by atoms with Crippen LogP contribution >= 0.6 is 23.6 Å². The first-order chi connectivity index (χ1) is 11.8. The summed E-state index contributed by atoms with van der Waals surface area (Å²) in [5, 5.41) is 5.40. The van der Waals surface area contributed by atoms with E-state index in [0.29, 0.717) is 4.77 Å². The highest BCUT2D eigenvalue weighted by molar-refractivity contribution is 7.71. The predicted molar refractivity (Wildman–Crippen MR) is 96.6 cm³/mol. The minimum Gasteiger partial charge on any atom is -0.310 e. The number of piperazine rings is 1. The van der Waals surface area contributed by atoms with Gasteiger partial charge in [-0.2, -0.15) is 4.98 Å². The topological polar surface area (TPSA) is 55.4 Å². The average molecular weight is 361 g/mol. The van der Waals surface area contributed by atoms with Gasteiger partial charge in [-0.25, -0.2) is 9.67 Å². The van der Waals surface area contributed by atoms with Gasteiger partial charge in [-0.15, -0.1) is 11.3 Å². The van der Waals surface area contributed by atoms with Gasteiger partial charge in [0.2, 0.25) is 4.77 Å². The maximum atomic E-state index is 5.41. The van der Waals surface area contributed by atoms with Crippen LogP contribution in [0.1, 0.15) is 0 Å². The Kier molecular flexibility index (Phi) is 4.42. The second-order valence-electron chi connectivity index (χ2n) is 5.90. The molecule has 3 aromatic rings. The molecule has 1 fully saturated rings. The number of aromatic amines is 2. The van der Waals surface area contributed by atoms with Crippen molar-refractivity contribution in [1.29, 1.82) is 0 Å². The summed E-state index contributed by atoms with van der Waals surface area (Å²) in [5.74, 6) is 2.06. The molecule has 1 aliphatic rings. The third-order valence-electron chi connectivity index (χ3n) is 4.32. The molecule has 0 aliphatic carbocycles. The Labute approximate surface area is 149 Å². The number of pyridine rings is 1. The average Bonchev–Trinajstić information content (AvgIpc) is 3.27. The zero-order chi connectivity index (χ0) is 16.4. The highest BCUT2D eigenvalue weighted by atomic mass is 32.1. The van der Waals surface area contributed by atoms with Crippen LogP contribution in [0, 0.1) is 4.77 Å². The zero-order valence-electron chi connectivity index (χ0n) is 13.2. The number of hydrogen-bond acceptors (Lipinski definition) is 4. The van der Waals surface area contributed by atoms with Gasteiger partial charge in [-0.3, -0.25) is 10.00 Å². The number of thiophene rings is 1. The summed E-state index contributed by atoms with van der Waals surface area (Å²) in [6.45, 7) is 5.07. The van der Waals surface area contributed by atoms with Crippen LogP contribution in [0.4, 0.5) is 5.82 Å². The first-order valence-corrected chi connectivity index (χ1v) is 9.34. The molecular formula is C16H20N6S2+2. The molecule has 3 N–H and O–H groups in total. The Morgan fingerprint density at radius 3 is 2.83 bits per heavy atom. The van der Waals surface area contributed by atoms with Crippen LogP contribution < -0.4 is 14.8 Å². The van der Waals surface area contributed by atoms with E-state index in [1.165, 1.54) is 10.7 Å². The second-order valence-corrected chi connectivity index (χ2v) is 7.22. The van der Waals surface area contributed by atoms with E-state index in [-0.39, 0.29) is 0 Å². The smallest absolute Gasteiger partial charge is 0.274 e. The predicted octanol–water partition coefficient (Wildman–Crippen LogP) is 0.846. The number of anilines is 1. The van der Waals surface area contributed by atoms with E-state index in [2.05, 4.69) is 43.5 Å². The lowest BCUT2D eigenvalue weighted by Gasteiger charge is -2.28. The fraction of sp³-hybridized carbons (Fsp3) is 0.312. The van der Waals surface area contributed by atoms with Gasteiger partial charge >= 0.3 is 0 Å². The maximum Gasteiger partial charge on any atom is 0.274 e. The summed E-state index contributed by atoms with van der Waals surface area (Å²) in [6.07, 6.45) is 1.98.